The number of rotatable bonds is 5. The second-order valence-electron chi connectivity index (χ2n) is 6.83. The van der Waals surface area contributed by atoms with E-state index in [1.807, 2.05) is 30.3 Å². The van der Waals surface area contributed by atoms with E-state index in [-0.39, 0.29) is 17.9 Å². The van der Waals surface area contributed by atoms with E-state index in [4.69, 9.17) is 21.1 Å². The first-order chi connectivity index (χ1) is 13.0. The number of nitrogens with one attached hydrogen (secondary N) is 1. The molecule has 0 aliphatic carbocycles. The first-order valence-corrected chi connectivity index (χ1v) is 9.37. The molecule has 3 rings (SSSR count). The van der Waals surface area contributed by atoms with Gasteiger partial charge in [0.05, 0.1) is 24.8 Å². The molecule has 0 unspecified atom stereocenters. The van der Waals surface area contributed by atoms with Gasteiger partial charge in [0.2, 0.25) is 0 Å². The predicted octanol–water partition coefficient (Wildman–Crippen LogP) is 3.57. The van der Waals surface area contributed by atoms with Crippen molar-refractivity contribution >= 4 is 17.5 Å². The second kappa shape index (κ2) is 8.63. The van der Waals surface area contributed by atoms with Crippen LogP contribution in [0, 0.1) is 0 Å². The number of hydrogen-bond acceptors (Lipinski definition) is 4. The van der Waals surface area contributed by atoms with Crippen LogP contribution in [0.15, 0.2) is 42.5 Å². The first kappa shape index (κ1) is 19.5. The van der Waals surface area contributed by atoms with Crippen molar-refractivity contribution in [2.45, 2.75) is 18.4 Å². The molecule has 1 N–H and O–H groups in total. The first-order valence-electron chi connectivity index (χ1n) is 8.99. The molecule has 0 aromatic heterocycles. The standard InChI is InChI=1S/C21H25ClN2O3/c1-24-11-10-18(23-21(25)15-6-4-5-7-17(15)22)16(13-24)14-8-9-19(26-2)20(12-14)27-3/h4-9,12,16,18H,10-11,13H2,1-3H3,(H,23,25)/t16-,18-/m1/s1. The minimum atomic E-state index is -0.138. The smallest absolute Gasteiger partial charge is 0.253 e. The van der Waals surface area contributed by atoms with Gasteiger partial charge in [-0.3, -0.25) is 4.79 Å². The van der Waals surface area contributed by atoms with Gasteiger partial charge >= 0.3 is 0 Å². The Bertz CT molecular complexity index is 812. The third-order valence-corrected chi connectivity index (χ3v) is 5.42. The van der Waals surface area contributed by atoms with Crippen LogP contribution in [-0.2, 0) is 0 Å². The van der Waals surface area contributed by atoms with Crippen LogP contribution in [0.5, 0.6) is 11.5 Å². The summed E-state index contributed by atoms with van der Waals surface area (Å²) in [4.78, 5) is 15.0. The van der Waals surface area contributed by atoms with Crippen molar-refractivity contribution in [2.75, 3.05) is 34.4 Å². The summed E-state index contributed by atoms with van der Waals surface area (Å²) >= 11 is 6.19. The number of carbonyl (C=O) groups is 1. The zero-order valence-corrected chi connectivity index (χ0v) is 16.6. The van der Waals surface area contributed by atoms with Crippen molar-refractivity contribution in [2.24, 2.45) is 0 Å². The summed E-state index contributed by atoms with van der Waals surface area (Å²) in [5, 5.41) is 3.65. The van der Waals surface area contributed by atoms with Crippen LogP contribution in [0.4, 0.5) is 0 Å². The molecule has 6 heteroatoms. The predicted molar refractivity (Wildman–Crippen MR) is 107 cm³/mol. The van der Waals surface area contributed by atoms with Crippen LogP contribution in [0.1, 0.15) is 28.3 Å². The summed E-state index contributed by atoms with van der Waals surface area (Å²) in [7, 11) is 5.35. The van der Waals surface area contributed by atoms with E-state index < -0.39 is 0 Å². The van der Waals surface area contributed by atoms with Gasteiger partial charge in [0.15, 0.2) is 11.5 Å². The molecule has 1 amide bonds. The Hall–Kier alpha value is -2.24. The molecule has 5 nitrogen and oxygen atoms in total. The lowest BCUT2D eigenvalue weighted by molar-refractivity contribution is 0.0904. The quantitative estimate of drug-likeness (QED) is 0.850. The number of hydrogen-bond donors (Lipinski definition) is 1. The van der Waals surface area contributed by atoms with E-state index in [9.17, 15) is 4.79 Å². The van der Waals surface area contributed by atoms with E-state index >= 15 is 0 Å². The van der Waals surface area contributed by atoms with Gasteiger partial charge in [-0.15, -0.1) is 0 Å². The van der Waals surface area contributed by atoms with Crippen molar-refractivity contribution in [1.29, 1.82) is 0 Å². The molecule has 144 valence electrons. The molecule has 2 aromatic carbocycles. The van der Waals surface area contributed by atoms with Gasteiger partial charge < -0.3 is 19.7 Å². The van der Waals surface area contributed by atoms with Crippen molar-refractivity contribution in [3.05, 3.63) is 58.6 Å². The molecule has 0 saturated carbocycles. The van der Waals surface area contributed by atoms with Gasteiger partial charge in [-0.2, -0.15) is 0 Å². The largest absolute Gasteiger partial charge is 0.493 e. The molecule has 2 atom stereocenters. The van der Waals surface area contributed by atoms with E-state index in [1.54, 1.807) is 26.4 Å². The number of likely N-dealkylation sites (N-methyl/N-ethyl adjacent to an activating group) is 1. The van der Waals surface area contributed by atoms with Gasteiger partial charge in [-0.1, -0.05) is 29.8 Å². The van der Waals surface area contributed by atoms with E-state index in [2.05, 4.69) is 17.3 Å². The maximum absolute atomic E-state index is 12.8. The molecular formula is C21H25ClN2O3. The summed E-state index contributed by atoms with van der Waals surface area (Å²) < 4.78 is 10.8. The van der Waals surface area contributed by atoms with Crippen molar-refractivity contribution in [3.8, 4) is 11.5 Å². The number of piperidine rings is 1. The topological polar surface area (TPSA) is 50.8 Å². The number of amides is 1. The number of methoxy groups -OCH3 is 2. The highest BCUT2D eigenvalue weighted by Crippen LogP contribution is 2.34. The molecule has 1 aliphatic rings. The number of likely N-dealkylation sites (tertiary alicyclic amines) is 1. The zero-order valence-electron chi connectivity index (χ0n) is 15.9. The Morgan fingerprint density at radius 2 is 1.89 bits per heavy atom. The monoisotopic (exact) mass is 388 g/mol. The molecular weight excluding hydrogens is 364 g/mol. The molecule has 1 saturated heterocycles. The fourth-order valence-corrected chi connectivity index (χ4v) is 3.82. The van der Waals surface area contributed by atoms with Gasteiger partial charge in [0.1, 0.15) is 0 Å². The minimum Gasteiger partial charge on any atom is -0.493 e. The van der Waals surface area contributed by atoms with Crippen molar-refractivity contribution in [1.82, 2.24) is 10.2 Å². The van der Waals surface area contributed by atoms with Crippen LogP contribution in [0.3, 0.4) is 0 Å². The number of halogens is 1. The molecule has 2 aromatic rings. The second-order valence-corrected chi connectivity index (χ2v) is 7.24. The van der Waals surface area contributed by atoms with Crippen LogP contribution in [-0.4, -0.2) is 51.2 Å². The molecule has 0 bridgehead atoms. The summed E-state index contributed by atoms with van der Waals surface area (Å²) in [5.74, 6) is 1.40. The molecule has 1 heterocycles. The Morgan fingerprint density at radius 1 is 1.15 bits per heavy atom. The van der Waals surface area contributed by atoms with E-state index in [0.29, 0.717) is 22.1 Å². The summed E-state index contributed by atoms with van der Waals surface area (Å²) in [6.07, 6.45) is 0.867. The third kappa shape index (κ3) is 4.37. The van der Waals surface area contributed by atoms with Gasteiger partial charge in [0.25, 0.3) is 5.91 Å². The van der Waals surface area contributed by atoms with Gasteiger partial charge in [-0.25, -0.2) is 0 Å². The highest BCUT2D eigenvalue weighted by molar-refractivity contribution is 6.33. The van der Waals surface area contributed by atoms with E-state index in [1.165, 1.54) is 0 Å². The summed E-state index contributed by atoms with van der Waals surface area (Å²) in [6, 6.07) is 13.1. The number of carbonyl (C=O) groups excluding carboxylic acids is 1. The SMILES string of the molecule is COc1ccc([C@H]2CN(C)CC[C@H]2NC(=O)c2ccccc2Cl)cc1OC. The Labute approximate surface area is 165 Å². The fourth-order valence-electron chi connectivity index (χ4n) is 3.60. The highest BCUT2D eigenvalue weighted by Gasteiger charge is 2.31. The Kier molecular flexibility index (Phi) is 6.24. The Morgan fingerprint density at radius 3 is 2.59 bits per heavy atom. The van der Waals surface area contributed by atoms with Crippen LogP contribution < -0.4 is 14.8 Å². The zero-order chi connectivity index (χ0) is 19.4. The van der Waals surface area contributed by atoms with Crippen molar-refractivity contribution < 1.29 is 14.3 Å². The van der Waals surface area contributed by atoms with Crippen LogP contribution >= 0.6 is 11.6 Å². The maximum atomic E-state index is 12.8. The summed E-state index contributed by atoms with van der Waals surface area (Å²) in [6.45, 7) is 1.78. The third-order valence-electron chi connectivity index (χ3n) is 5.09. The lowest BCUT2D eigenvalue weighted by Gasteiger charge is -2.37. The molecule has 0 spiro atoms. The van der Waals surface area contributed by atoms with Gasteiger partial charge in [-0.05, 0) is 49.8 Å². The highest BCUT2D eigenvalue weighted by atomic mass is 35.5. The summed E-state index contributed by atoms with van der Waals surface area (Å²) in [5.41, 5.74) is 1.62. The average molecular weight is 389 g/mol. The molecule has 0 radical (unpaired) electrons. The van der Waals surface area contributed by atoms with Crippen LogP contribution in [0.25, 0.3) is 0 Å². The van der Waals surface area contributed by atoms with Crippen molar-refractivity contribution in [3.63, 3.8) is 0 Å². The minimum absolute atomic E-state index is 0.0167. The normalized spacial score (nSPS) is 20.1. The maximum Gasteiger partial charge on any atom is 0.253 e. The number of benzene rings is 2. The molecule has 27 heavy (non-hydrogen) atoms. The molecule has 1 fully saturated rings. The van der Waals surface area contributed by atoms with Gasteiger partial charge in [0, 0.05) is 18.5 Å². The lowest BCUT2D eigenvalue weighted by Crippen LogP contribution is -2.48. The average Bonchev–Trinajstić information content (AvgIpc) is 2.69. The number of nitrogens with zero attached hydrogens (tertiary/aromatic N) is 1. The fraction of sp³-hybridized carbons (Fsp3) is 0.381. The number of ether oxygens (including phenoxy) is 2. The Balaban J connectivity index is 1.85. The lowest BCUT2D eigenvalue weighted by atomic mass is 9.85. The van der Waals surface area contributed by atoms with E-state index in [0.717, 1.165) is 25.1 Å². The molecule has 1 aliphatic heterocycles. The van der Waals surface area contributed by atoms with Crippen LogP contribution in [0.2, 0.25) is 5.02 Å².